The zero-order valence-corrected chi connectivity index (χ0v) is 8.26. The quantitative estimate of drug-likeness (QED) is 0.776. The van der Waals surface area contributed by atoms with Gasteiger partial charge in [0.2, 0.25) is 0 Å². The molecular weight excluding hydrogens is 166 g/mol. The minimum atomic E-state index is -0.177. The lowest BCUT2D eigenvalue weighted by Gasteiger charge is -2.23. The molecule has 1 heterocycles. The summed E-state index contributed by atoms with van der Waals surface area (Å²) < 4.78 is 4.97. The van der Waals surface area contributed by atoms with Crippen molar-refractivity contribution in [2.24, 2.45) is 0 Å². The molecule has 0 bridgehead atoms. The van der Waals surface area contributed by atoms with E-state index in [0.717, 1.165) is 6.42 Å². The molecule has 1 rings (SSSR count). The predicted molar refractivity (Wildman–Crippen MR) is 50.5 cm³/mol. The number of amides is 1. The third kappa shape index (κ3) is 2.61. The van der Waals surface area contributed by atoms with E-state index >= 15 is 0 Å². The fourth-order valence-electron chi connectivity index (χ4n) is 0.865. The van der Waals surface area contributed by atoms with E-state index in [0.29, 0.717) is 5.76 Å². The molecule has 0 radical (unpaired) electrons. The van der Waals surface area contributed by atoms with Crippen LogP contribution in [0, 0.1) is 0 Å². The van der Waals surface area contributed by atoms with Crippen LogP contribution in [0.25, 0.3) is 0 Å². The van der Waals surface area contributed by atoms with Crippen LogP contribution in [0.15, 0.2) is 22.8 Å². The third-order valence-corrected chi connectivity index (χ3v) is 2.08. The number of hydrogen-bond donors (Lipinski definition) is 1. The zero-order valence-electron chi connectivity index (χ0n) is 8.26. The van der Waals surface area contributed by atoms with Crippen LogP contribution in [0.2, 0.25) is 0 Å². The highest BCUT2D eigenvalue weighted by molar-refractivity contribution is 5.91. The first-order valence-corrected chi connectivity index (χ1v) is 4.41. The maximum atomic E-state index is 11.5. The lowest BCUT2D eigenvalue weighted by atomic mass is 10.0. The highest BCUT2D eigenvalue weighted by atomic mass is 16.3. The summed E-state index contributed by atoms with van der Waals surface area (Å²) in [6.07, 6.45) is 2.38. The Labute approximate surface area is 78.1 Å². The van der Waals surface area contributed by atoms with Gasteiger partial charge in [-0.15, -0.1) is 0 Å². The van der Waals surface area contributed by atoms with Crippen LogP contribution in [0.3, 0.4) is 0 Å². The number of hydrogen-bond acceptors (Lipinski definition) is 2. The largest absolute Gasteiger partial charge is 0.459 e. The van der Waals surface area contributed by atoms with E-state index in [1.54, 1.807) is 12.1 Å². The Kier molecular flexibility index (Phi) is 2.76. The first-order valence-electron chi connectivity index (χ1n) is 4.41. The number of carbonyl (C=O) groups is 1. The van der Waals surface area contributed by atoms with E-state index in [1.807, 2.05) is 20.8 Å². The van der Waals surface area contributed by atoms with E-state index in [4.69, 9.17) is 4.42 Å². The van der Waals surface area contributed by atoms with Gasteiger partial charge >= 0.3 is 0 Å². The van der Waals surface area contributed by atoms with Crippen LogP contribution in [-0.2, 0) is 0 Å². The monoisotopic (exact) mass is 181 g/mol. The smallest absolute Gasteiger partial charge is 0.287 e. The van der Waals surface area contributed by atoms with E-state index in [9.17, 15) is 4.79 Å². The standard InChI is InChI=1S/C10H15NO2/c1-4-10(2,3)11-9(12)8-6-5-7-13-8/h5-7H,4H2,1-3H3,(H,11,12). The van der Waals surface area contributed by atoms with E-state index in [-0.39, 0.29) is 11.4 Å². The fraction of sp³-hybridized carbons (Fsp3) is 0.500. The Balaban J connectivity index is 2.61. The van der Waals surface area contributed by atoms with Crippen LogP contribution in [0.5, 0.6) is 0 Å². The van der Waals surface area contributed by atoms with Gasteiger partial charge in [0, 0.05) is 5.54 Å². The summed E-state index contributed by atoms with van der Waals surface area (Å²) >= 11 is 0. The third-order valence-electron chi connectivity index (χ3n) is 2.08. The van der Waals surface area contributed by atoms with Gasteiger partial charge in [-0.05, 0) is 32.4 Å². The molecular formula is C10H15NO2. The van der Waals surface area contributed by atoms with Crippen LogP contribution >= 0.6 is 0 Å². The number of rotatable bonds is 3. The average Bonchev–Trinajstić information content (AvgIpc) is 2.55. The van der Waals surface area contributed by atoms with Gasteiger partial charge in [0.05, 0.1) is 6.26 Å². The summed E-state index contributed by atoms with van der Waals surface area (Å²) in [6.45, 7) is 5.99. The van der Waals surface area contributed by atoms with Gasteiger partial charge in [-0.25, -0.2) is 0 Å². The molecule has 0 saturated heterocycles. The summed E-state index contributed by atoms with van der Waals surface area (Å²) in [5, 5.41) is 2.88. The van der Waals surface area contributed by atoms with Crippen molar-refractivity contribution in [2.75, 3.05) is 0 Å². The lowest BCUT2D eigenvalue weighted by Crippen LogP contribution is -2.42. The summed E-state index contributed by atoms with van der Waals surface area (Å²) in [4.78, 5) is 11.5. The molecule has 0 aromatic carbocycles. The normalized spacial score (nSPS) is 11.3. The second kappa shape index (κ2) is 3.64. The Morgan fingerprint density at radius 2 is 2.31 bits per heavy atom. The van der Waals surface area contributed by atoms with Crippen molar-refractivity contribution in [2.45, 2.75) is 32.7 Å². The Morgan fingerprint density at radius 3 is 2.77 bits per heavy atom. The topological polar surface area (TPSA) is 42.2 Å². The van der Waals surface area contributed by atoms with Gasteiger partial charge in [0.1, 0.15) is 0 Å². The molecule has 1 aromatic heterocycles. The fourth-order valence-corrected chi connectivity index (χ4v) is 0.865. The summed E-state index contributed by atoms with van der Waals surface area (Å²) in [7, 11) is 0. The van der Waals surface area contributed by atoms with Crippen molar-refractivity contribution in [3.05, 3.63) is 24.2 Å². The molecule has 0 atom stereocenters. The molecule has 0 aliphatic heterocycles. The minimum Gasteiger partial charge on any atom is -0.459 e. The number of nitrogens with one attached hydrogen (secondary N) is 1. The molecule has 0 unspecified atom stereocenters. The van der Waals surface area contributed by atoms with Crippen molar-refractivity contribution in [3.63, 3.8) is 0 Å². The van der Waals surface area contributed by atoms with Crippen LogP contribution in [0.1, 0.15) is 37.7 Å². The minimum absolute atomic E-state index is 0.156. The predicted octanol–water partition coefficient (Wildman–Crippen LogP) is 2.20. The van der Waals surface area contributed by atoms with Gasteiger partial charge in [0.15, 0.2) is 5.76 Å². The van der Waals surface area contributed by atoms with Gasteiger partial charge in [-0.1, -0.05) is 6.92 Å². The molecule has 72 valence electrons. The molecule has 3 heteroatoms. The Bertz CT molecular complexity index is 275. The molecule has 1 amide bonds. The molecule has 0 spiro atoms. The first-order chi connectivity index (χ1) is 6.05. The van der Waals surface area contributed by atoms with Crippen molar-refractivity contribution in [1.82, 2.24) is 5.32 Å². The molecule has 3 nitrogen and oxygen atoms in total. The van der Waals surface area contributed by atoms with Gasteiger partial charge in [-0.2, -0.15) is 0 Å². The summed E-state index contributed by atoms with van der Waals surface area (Å²) in [6, 6.07) is 3.36. The Hall–Kier alpha value is -1.25. The van der Waals surface area contributed by atoms with Crippen LogP contribution in [0.4, 0.5) is 0 Å². The highest BCUT2D eigenvalue weighted by Crippen LogP contribution is 2.09. The van der Waals surface area contributed by atoms with E-state index in [2.05, 4.69) is 5.32 Å². The maximum Gasteiger partial charge on any atom is 0.287 e. The van der Waals surface area contributed by atoms with E-state index in [1.165, 1.54) is 6.26 Å². The number of carbonyl (C=O) groups excluding carboxylic acids is 1. The molecule has 0 aliphatic carbocycles. The zero-order chi connectivity index (χ0) is 9.90. The number of furan rings is 1. The average molecular weight is 181 g/mol. The Morgan fingerprint density at radius 1 is 1.62 bits per heavy atom. The molecule has 0 saturated carbocycles. The summed E-state index contributed by atoms with van der Waals surface area (Å²) in [5.41, 5.74) is -0.177. The molecule has 1 N–H and O–H groups in total. The van der Waals surface area contributed by atoms with Crippen molar-refractivity contribution in [3.8, 4) is 0 Å². The maximum absolute atomic E-state index is 11.5. The van der Waals surface area contributed by atoms with Gasteiger partial charge < -0.3 is 9.73 Å². The second-order valence-electron chi connectivity index (χ2n) is 3.67. The summed E-state index contributed by atoms with van der Waals surface area (Å²) in [5.74, 6) is 0.207. The lowest BCUT2D eigenvalue weighted by molar-refractivity contribution is 0.0882. The van der Waals surface area contributed by atoms with Crippen molar-refractivity contribution in [1.29, 1.82) is 0 Å². The van der Waals surface area contributed by atoms with Crippen LogP contribution < -0.4 is 5.32 Å². The second-order valence-corrected chi connectivity index (χ2v) is 3.67. The first kappa shape index (κ1) is 9.84. The van der Waals surface area contributed by atoms with Gasteiger partial charge in [0.25, 0.3) is 5.91 Å². The SMILES string of the molecule is CCC(C)(C)NC(=O)c1ccco1. The van der Waals surface area contributed by atoms with E-state index < -0.39 is 0 Å². The van der Waals surface area contributed by atoms with Crippen molar-refractivity contribution >= 4 is 5.91 Å². The molecule has 13 heavy (non-hydrogen) atoms. The van der Waals surface area contributed by atoms with Crippen LogP contribution in [-0.4, -0.2) is 11.4 Å². The molecule has 0 fully saturated rings. The molecule has 0 aliphatic rings. The molecule has 1 aromatic rings. The highest BCUT2D eigenvalue weighted by Gasteiger charge is 2.19. The van der Waals surface area contributed by atoms with Crippen molar-refractivity contribution < 1.29 is 9.21 Å². The van der Waals surface area contributed by atoms with Gasteiger partial charge in [-0.3, -0.25) is 4.79 Å².